The van der Waals surface area contributed by atoms with Crippen LogP contribution < -0.4 is 0 Å². The van der Waals surface area contributed by atoms with Crippen LogP contribution in [0.2, 0.25) is 0 Å². The molecule has 2 atom stereocenters. The third kappa shape index (κ3) is 15.7. The second kappa shape index (κ2) is 24.3. The third-order valence-electron chi connectivity index (χ3n) is 9.04. The summed E-state index contributed by atoms with van der Waals surface area (Å²) in [5, 5.41) is 0. The van der Waals surface area contributed by atoms with Crippen LogP contribution in [0.1, 0.15) is 81.8 Å². The number of hydrogen-bond acceptors (Lipinski definition) is 7. The van der Waals surface area contributed by atoms with Gasteiger partial charge in [-0.15, -0.1) is 0 Å². The molecule has 4 aromatic carbocycles. The van der Waals surface area contributed by atoms with Gasteiger partial charge in [0.05, 0.1) is 13.2 Å². The summed E-state index contributed by atoms with van der Waals surface area (Å²) >= 11 is 12.1. The Bertz CT molecular complexity index is 2100. The minimum atomic E-state index is -0.668. The van der Waals surface area contributed by atoms with Crippen LogP contribution in [0.3, 0.4) is 0 Å². The molecule has 7 nitrogen and oxygen atoms in total. The SMILES string of the molecule is CC1(C)OC[C@@H](C=C2C(=O)c3cc(F)ccc3Cc3ccccc32)O1.CC1(C)OC[C@@H](C=O)O1.O=C1Cc2ccccc2Cc2ccc(F)cc21.[I][V]([I])[I].[I][V][I]. The van der Waals surface area contributed by atoms with Gasteiger partial charge in [0.15, 0.2) is 29.4 Å². The van der Waals surface area contributed by atoms with Gasteiger partial charge in [0.1, 0.15) is 23.8 Å². The van der Waals surface area contributed by atoms with Gasteiger partial charge < -0.3 is 23.7 Å². The van der Waals surface area contributed by atoms with Crippen LogP contribution in [-0.2, 0) is 57.4 Å². The average Bonchev–Trinajstić information content (AvgIpc) is 3.63. The molecular weight excluding hydrogens is 1390 g/mol. The number of rotatable bonds is 2. The Hall–Kier alpha value is 0.149. The van der Waals surface area contributed by atoms with Gasteiger partial charge in [-0.3, -0.25) is 9.59 Å². The summed E-state index contributed by atoms with van der Waals surface area (Å²) in [6.45, 7) is 8.05. The Morgan fingerprint density at radius 2 is 1.09 bits per heavy atom. The van der Waals surface area contributed by atoms with E-state index in [1.165, 1.54) is 24.3 Å². The molecule has 309 valence electrons. The number of fused-ring (bicyclic) bond motifs is 4. The fourth-order valence-corrected chi connectivity index (χ4v) is 6.59. The number of hydrogen-bond donors (Lipinski definition) is 0. The van der Waals surface area contributed by atoms with Gasteiger partial charge in [-0.05, 0) is 104 Å². The summed E-state index contributed by atoms with van der Waals surface area (Å²) in [6.07, 6.45) is 3.58. The van der Waals surface area contributed by atoms with E-state index in [4.69, 9.17) is 18.9 Å². The molecule has 0 spiro atoms. The Kier molecular flexibility index (Phi) is 21.3. The summed E-state index contributed by atoms with van der Waals surface area (Å²) in [4.78, 5) is 35.0. The second-order valence-electron chi connectivity index (χ2n) is 14.0. The van der Waals surface area contributed by atoms with Gasteiger partial charge in [0, 0.05) is 23.1 Å². The van der Waals surface area contributed by atoms with Crippen LogP contribution in [0.25, 0.3) is 5.57 Å². The molecule has 0 bridgehead atoms. The first-order valence-electron chi connectivity index (χ1n) is 17.8. The number of Topliss-reactive ketones (excluding diaryl/α,β-unsaturated/α-hetero) is 2. The van der Waals surface area contributed by atoms with Crippen molar-refractivity contribution in [2.75, 3.05) is 13.2 Å². The summed E-state index contributed by atoms with van der Waals surface area (Å²) in [5.74, 6) is -2.15. The van der Waals surface area contributed by atoms with Crippen molar-refractivity contribution in [2.45, 2.75) is 70.7 Å². The fourth-order valence-electron chi connectivity index (χ4n) is 6.59. The zero-order valence-corrected chi connectivity index (χ0v) is 45.4. The second-order valence-corrected chi connectivity index (χ2v) is 61.2. The quantitative estimate of drug-likeness (QED) is 0.112. The van der Waals surface area contributed by atoms with Gasteiger partial charge in [-0.1, -0.05) is 60.7 Å². The van der Waals surface area contributed by atoms with Crippen molar-refractivity contribution in [3.63, 3.8) is 0 Å². The topological polar surface area (TPSA) is 88.1 Å². The van der Waals surface area contributed by atoms with Crippen LogP contribution >= 0.6 is 99.9 Å². The number of benzene rings is 4. The van der Waals surface area contributed by atoms with Crippen LogP contribution in [0, 0.1) is 11.6 Å². The predicted molar refractivity (Wildman–Crippen MR) is 258 cm³/mol. The zero-order valence-electron chi connectivity index (χ0n) is 31.8. The number of ketones is 2. The van der Waals surface area contributed by atoms with E-state index in [0.29, 0.717) is 58.6 Å². The van der Waals surface area contributed by atoms with Crippen molar-refractivity contribution in [2.24, 2.45) is 0 Å². The predicted octanol–water partition coefficient (Wildman–Crippen LogP) is 12.1. The van der Waals surface area contributed by atoms with Gasteiger partial charge >= 0.3 is 114 Å². The molecule has 8 rings (SSSR count). The first kappa shape index (κ1) is 50.8. The molecule has 0 saturated carbocycles. The fraction of sp³-hybridized carbons (Fsp3) is 0.310. The normalized spacial score (nSPS) is 20.0. The monoisotopic (exact) mass is 1430 g/mol. The zero-order chi connectivity index (χ0) is 42.6. The van der Waals surface area contributed by atoms with Crippen molar-refractivity contribution < 1.29 is 56.5 Å². The Morgan fingerprint density at radius 3 is 1.59 bits per heavy atom. The van der Waals surface area contributed by atoms with Gasteiger partial charge in [0.25, 0.3) is 0 Å². The number of carbonyl (C=O) groups is 3. The van der Waals surface area contributed by atoms with E-state index in [0.717, 1.165) is 39.7 Å². The molecule has 0 N–H and O–H groups in total. The molecule has 0 radical (unpaired) electrons. The van der Waals surface area contributed by atoms with Crippen molar-refractivity contribution >= 4 is 123 Å². The summed E-state index contributed by atoms with van der Waals surface area (Å²) < 4.78 is 48.6. The first-order valence-corrected chi connectivity index (χ1v) is 40.3. The Labute approximate surface area is 405 Å². The first-order chi connectivity index (χ1) is 27.4. The van der Waals surface area contributed by atoms with Crippen LogP contribution in [-0.4, -0.2) is 54.8 Å². The molecule has 0 aromatic heterocycles. The molecular formula is C42H40F2I5O7V2. The van der Waals surface area contributed by atoms with Crippen molar-refractivity contribution in [3.8, 4) is 0 Å². The minimum absolute atomic E-state index is 0.00412. The van der Waals surface area contributed by atoms with Crippen molar-refractivity contribution in [1.29, 1.82) is 0 Å². The van der Waals surface area contributed by atoms with E-state index in [1.54, 1.807) is 26.0 Å². The van der Waals surface area contributed by atoms with E-state index < -0.39 is 17.4 Å². The standard InChI is InChI=1S/C21H19FO3.C15H11FO.C6H10O3.5HI.2V/c1-21(2)24-12-16(25-21)11-19-17-6-4-3-5-13(17)9-14-7-8-15(22)10-18(14)20(19)23;16-13-6-5-12-7-10-3-1-2-4-11(10)8-15(17)14(12)9-13;1-6(2)8-4-5(3-7)9-6;;;;;;;/h3-8,10-11,16H,9,12H2,1-2H3;1-6,9H,7-8H2;3,5H,4H2,1-2H3;5*1H;;/q;;;;;;;;+2;+3/p-5/t16-;;5-;;;;;;;/m1.1......./s1. The van der Waals surface area contributed by atoms with Crippen LogP contribution in [0.5, 0.6) is 0 Å². The van der Waals surface area contributed by atoms with Crippen molar-refractivity contribution in [1.82, 2.24) is 0 Å². The average molecular weight is 1430 g/mol. The number of carbonyl (C=O) groups excluding carboxylic acids is 3. The van der Waals surface area contributed by atoms with E-state index in [9.17, 15) is 23.2 Å². The number of halogens is 7. The Morgan fingerprint density at radius 1 is 0.655 bits per heavy atom. The molecule has 16 heteroatoms. The molecule has 2 heterocycles. The maximum absolute atomic E-state index is 13.7. The number of allylic oxidation sites excluding steroid dienone is 1. The van der Waals surface area contributed by atoms with E-state index in [1.807, 2.05) is 68.5 Å². The number of aldehydes is 1. The van der Waals surface area contributed by atoms with Gasteiger partial charge in [0.2, 0.25) is 0 Å². The summed E-state index contributed by atoms with van der Waals surface area (Å²) in [5.41, 5.74) is 7.38. The molecule has 2 saturated heterocycles. The van der Waals surface area contributed by atoms with Crippen LogP contribution in [0.4, 0.5) is 8.78 Å². The Balaban J connectivity index is 0.000000194. The number of ether oxygens (including phenoxy) is 4. The van der Waals surface area contributed by atoms with Crippen LogP contribution in [0.15, 0.2) is 91.0 Å². The molecule has 2 fully saturated rings. The summed E-state index contributed by atoms with van der Waals surface area (Å²) in [7, 11) is 0.628. The maximum atomic E-state index is 13.7. The van der Waals surface area contributed by atoms with E-state index >= 15 is 0 Å². The van der Waals surface area contributed by atoms with E-state index in [-0.39, 0.29) is 34.5 Å². The molecule has 2 aliphatic carbocycles. The van der Waals surface area contributed by atoms with Crippen molar-refractivity contribution in [3.05, 3.63) is 147 Å². The summed E-state index contributed by atoms with van der Waals surface area (Å²) in [6, 6.07) is 24.6. The molecule has 2 aliphatic heterocycles. The third-order valence-corrected chi connectivity index (χ3v) is 9.04. The molecule has 4 aromatic rings. The van der Waals surface area contributed by atoms with E-state index in [2.05, 4.69) is 99.9 Å². The molecule has 0 amide bonds. The molecule has 4 aliphatic rings. The molecule has 58 heavy (non-hydrogen) atoms. The van der Waals surface area contributed by atoms with Gasteiger partial charge in [-0.2, -0.15) is 0 Å². The molecule has 0 unspecified atom stereocenters. The van der Waals surface area contributed by atoms with Gasteiger partial charge in [-0.25, -0.2) is 8.78 Å².